The molecule has 5 nitrogen and oxygen atoms in total. The topological polar surface area (TPSA) is 64.8 Å². The number of nitrogens with two attached hydrogens (primary N) is 1. The Morgan fingerprint density at radius 3 is 2.65 bits per heavy atom. The van der Waals surface area contributed by atoms with Crippen LogP contribution in [0.2, 0.25) is 0 Å². The Kier molecular flexibility index (Phi) is 4.58. The molecule has 1 saturated carbocycles. The first-order valence-corrected chi connectivity index (χ1v) is 8.01. The van der Waals surface area contributed by atoms with Gasteiger partial charge in [-0.25, -0.2) is 0 Å². The van der Waals surface area contributed by atoms with Gasteiger partial charge >= 0.3 is 0 Å². The molecule has 114 valence electrons. The molecule has 0 bridgehead atoms. The van der Waals surface area contributed by atoms with Gasteiger partial charge in [0.25, 0.3) is 0 Å². The van der Waals surface area contributed by atoms with Gasteiger partial charge < -0.3 is 20.1 Å². The van der Waals surface area contributed by atoms with E-state index in [-0.39, 0.29) is 30.1 Å². The van der Waals surface area contributed by atoms with Gasteiger partial charge in [-0.3, -0.25) is 4.79 Å². The van der Waals surface area contributed by atoms with Gasteiger partial charge in [0.05, 0.1) is 12.7 Å². The van der Waals surface area contributed by atoms with Crippen molar-refractivity contribution in [3.63, 3.8) is 0 Å². The second-order valence-electron chi connectivity index (χ2n) is 6.37. The number of hydrogen-bond acceptors (Lipinski definition) is 4. The number of carbonyl (C=O) groups excluding carboxylic acids is 1. The molecule has 0 spiro atoms. The van der Waals surface area contributed by atoms with Crippen molar-refractivity contribution in [3.05, 3.63) is 0 Å². The Labute approximate surface area is 120 Å². The highest BCUT2D eigenvalue weighted by atomic mass is 16.5. The van der Waals surface area contributed by atoms with Crippen LogP contribution in [-0.4, -0.2) is 55.4 Å². The summed E-state index contributed by atoms with van der Waals surface area (Å²) in [4.78, 5) is 14.6. The lowest BCUT2D eigenvalue weighted by Crippen LogP contribution is -2.52. The third kappa shape index (κ3) is 3.15. The van der Waals surface area contributed by atoms with Crippen LogP contribution in [0.4, 0.5) is 0 Å². The Balaban J connectivity index is 1.56. The molecular formula is C15H26N2O3. The van der Waals surface area contributed by atoms with Crippen molar-refractivity contribution < 1.29 is 14.3 Å². The average Bonchev–Trinajstić information content (AvgIpc) is 3.01. The summed E-state index contributed by atoms with van der Waals surface area (Å²) in [7, 11) is 0. The Morgan fingerprint density at radius 1 is 1.05 bits per heavy atom. The number of nitrogens with zero attached hydrogens (tertiary/aromatic N) is 1. The van der Waals surface area contributed by atoms with Crippen molar-refractivity contribution in [2.24, 2.45) is 11.7 Å². The summed E-state index contributed by atoms with van der Waals surface area (Å²) in [6.45, 7) is 2.87. The summed E-state index contributed by atoms with van der Waals surface area (Å²) in [5.74, 6) is 0.411. The third-order valence-electron chi connectivity index (χ3n) is 4.85. The highest BCUT2D eigenvalue weighted by Crippen LogP contribution is 2.27. The zero-order valence-corrected chi connectivity index (χ0v) is 12.1. The summed E-state index contributed by atoms with van der Waals surface area (Å²) < 4.78 is 11.5. The maximum Gasteiger partial charge on any atom is 0.225 e. The molecule has 3 rings (SSSR count). The summed E-state index contributed by atoms with van der Waals surface area (Å²) in [6, 6.07) is 0.202. The van der Waals surface area contributed by atoms with E-state index in [0.717, 1.165) is 45.1 Å². The standard InChI is InChI=1S/C15H26N2O3/c16-12-4-1-3-11(9-12)15(18)17-6-8-20-14(10-17)13-5-2-7-19-13/h11-14H,1-10,16H2/t11-,12+,13+,14-/m0/s1. The number of morpholine rings is 1. The van der Waals surface area contributed by atoms with Crippen molar-refractivity contribution in [2.75, 3.05) is 26.3 Å². The maximum atomic E-state index is 12.6. The lowest BCUT2D eigenvalue weighted by atomic mass is 9.85. The van der Waals surface area contributed by atoms with Crippen LogP contribution in [0, 0.1) is 5.92 Å². The lowest BCUT2D eigenvalue weighted by Gasteiger charge is -2.38. The van der Waals surface area contributed by atoms with Crippen LogP contribution in [0.1, 0.15) is 38.5 Å². The van der Waals surface area contributed by atoms with Gasteiger partial charge in [0, 0.05) is 31.7 Å². The minimum atomic E-state index is 0.0625. The minimum Gasteiger partial charge on any atom is -0.375 e. The molecule has 2 saturated heterocycles. The van der Waals surface area contributed by atoms with E-state index in [4.69, 9.17) is 15.2 Å². The summed E-state index contributed by atoms with van der Waals surface area (Å²) in [5.41, 5.74) is 6.00. The normalized spacial score (nSPS) is 39.0. The molecule has 0 unspecified atom stereocenters. The van der Waals surface area contributed by atoms with Crippen molar-refractivity contribution in [3.8, 4) is 0 Å². The van der Waals surface area contributed by atoms with Gasteiger partial charge in [0.15, 0.2) is 0 Å². The second kappa shape index (κ2) is 6.41. The van der Waals surface area contributed by atoms with E-state index in [2.05, 4.69) is 0 Å². The molecule has 4 atom stereocenters. The van der Waals surface area contributed by atoms with Crippen LogP contribution in [0.5, 0.6) is 0 Å². The van der Waals surface area contributed by atoms with Crippen LogP contribution < -0.4 is 5.73 Å². The quantitative estimate of drug-likeness (QED) is 0.817. The second-order valence-corrected chi connectivity index (χ2v) is 6.37. The van der Waals surface area contributed by atoms with E-state index in [1.165, 1.54) is 0 Å². The van der Waals surface area contributed by atoms with Gasteiger partial charge in [0.1, 0.15) is 6.10 Å². The Hall–Kier alpha value is -0.650. The van der Waals surface area contributed by atoms with Crippen molar-refractivity contribution in [2.45, 2.75) is 56.8 Å². The molecule has 1 amide bonds. The maximum absolute atomic E-state index is 12.6. The Bertz CT molecular complexity index is 344. The van der Waals surface area contributed by atoms with Crippen molar-refractivity contribution >= 4 is 5.91 Å². The molecule has 2 N–H and O–H groups in total. The fraction of sp³-hybridized carbons (Fsp3) is 0.933. The monoisotopic (exact) mass is 282 g/mol. The molecule has 0 aromatic rings. The molecule has 3 aliphatic rings. The summed E-state index contributed by atoms with van der Waals surface area (Å²) in [6.07, 6.45) is 6.39. The fourth-order valence-corrected chi connectivity index (χ4v) is 3.71. The zero-order valence-electron chi connectivity index (χ0n) is 12.1. The van der Waals surface area contributed by atoms with Gasteiger partial charge in [-0.05, 0) is 32.1 Å². The number of ether oxygens (including phenoxy) is 2. The lowest BCUT2D eigenvalue weighted by molar-refractivity contribution is -0.150. The molecule has 5 heteroatoms. The molecule has 1 aliphatic carbocycles. The highest BCUT2D eigenvalue weighted by Gasteiger charge is 2.35. The van der Waals surface area contributed by atoms with Crippen LogP contribution in [0.15, 0.2) is 0 Å². The van der Waals surface area contributed by atoms with E-state index in [1.54, 1.807) is 0 Å². The largest absolute Gasteiger partial charge is 0.375 e. The Morgan fingerprint density at radius 2 is 1.90 bits per heavy atom. The fourth-order valence-electron chi connectivity index (χ4n) is 3.71. The van der Waals surface area contributed by atoms with Gasteiger partial charge in [-0.1, -0.05) is 6.42 Å². The minimum absolute atomic E-state index is 0.0625. The molecule has 0 aromatic carbocycles. The van der Waals surface area contributed by atoms with Crippen LogP contribution in [0.3, 0.4) is 0 Å². The first-order chi connectivity index (χ1) is 9.74. The van der Waals surface area contributed by atoms with E-state index < -0.39 is 0 Å². The smallest absolute Gasteiger partial charge is 0.225 e. The van der Waals surface area contributed by atoms with E-state index >= 15 is 0 Å². The van der Waals surface area contributed by atoms with Crippen molar-refractivity contribution in [1.29, 1.82) is 0 Å². The number of hydrogen-bond donors (Lipinski definition) is 1. The van der Waals surface area contributed by atoms with E-state index in [0.29, 0.717) is 19.7 Å². The van der Waals surface area contributed by atoms with E-state index in [9.17, 15) is 4.79 Å². The van der Waals surface area contributed by atoms with E-state index in [1.807, 2.05) is 4.90 Å². The molecule has 0 radical (unpaired) electrons. The molecular weight excluding hydrogens is 256 g/mol. The first kappa shape index (κ1) is 14.3. The first-order valence-electron chi connectivity index (χ1n) is 8.01. The average molecular weight is 282 g/mol. The molecule has 2 heterocycles. The number of carbonyl (C=O) groups is 1. The van der Waals surface area contributed by atoms with Gasteiger partial charge in [0.2, 0.25) is 5.91 Å². The van der Waals surface area contributed by atoms with Gasteiger partial charge in [-0.2, -0.15) is 0 Å². The predicted molar refractivity (Wildman–Crippen MR) is 75.2 cm³/mol. The number of rotatable bonds is 2. The van der Waals surface area contributed by atoms with Crippen LogP contribution >= 0.6 is 0 Å². The highest BCUT2D eigenvalue weighted by molar-refractivity contribution is 5.79. The number of amides is 1. The van der Waals surface area contributed by atoms with Crippen molar-refractivity contribution in [1.82, 2.24) is 4.90 Å². The summed E-state index contributed by atoms with van der Waals surface area (Å²) in [5, 5.41) is 0. The third-order valence-corrected chi connectivity index (χ3v) is 4.85. The molecule has 3 fully saturated rings. The van der Waals surface area contributed by atoms with Crippen LogP contribution in [0.25, 0.3) is 0 Å². The predicted octanol–water partition coefficient (Wildman–Crippen LogP) is 0.910. The van der Waals surface area contributed by atoms with Crippen LogP contribution in [-0.2, 0) is 14.3 Å². The molecule has 20 heavy (non-hydrogen) atoms. The zero-order chi connectivity index (χ0) is 13.9. The SMILES string of the molecule is N[C@@H]1CCC[C@H](C(=O)N2CCO[C@H]([C@H]3CCCO3)C2)C1. The summed E-state index contributed by atoms with van der Waals surface area (Å²) >= 11 is 0. The van der Waals surface area contributed by atoms with Gasteiger partial charge in [-0.15, -0.1) is 0 Å². The molecule has 0 aromatic heterocycles. The molecule has 2 aliphatic heterocycles.